The number of aliphatic hydroxyl groups excluding tert-OH is 1. The first kappa shape index (κ1) is 10.4. The van der Waals surface area contributed by atoms with E-state index in [4.69, 9.17) is 9.84 Å². The second-order valence-electron chi connectivity index (χ2n) is 5.99. The van der Waals surface area contributed by atoms with Crippen molar-refractivity contribution in [2.75, 3.05) is 6.61 Å². The summed E-state index contributed by atoms with van der Waals surface area (Å²) in [6.07, 6.45) is 4.99. The molecule has 2 nitrogen and oxygen atoms in total. The highest BCUT2D eigenvalue weighted by Crippen LogP contribution is 2.52. The quantitative estimate of drug-likeness (QED) is 0.656. The Morgan fingerprint density at radius 1 is 1.29 bits per heavy atom. The molecule has 1 aliphatic heterocycles. The first-order valence-corrected chi connectivity index (χ1v) is 5.77. The molecule has 0 amide bonds. The van der Waals surface area contributed by atoms with Crippen molar-refractivity contribution in [1.82, 2.24) is 0 Å². The highest BCUT2D eigenvalue weighted by molar-refractivity contribution is 5.05. The Kier molecular flexibility index (Phi) is 2.39. The van der Waals surface area contributed by atoms with Crippen molar-refractivity contribution in [2.24, 2.45) is 11.3 Å². The topological polar surface area (TPSA) is 32.8 Å². The van der Waals surface area contributed by atoms with Crippen LogP contribution in [0.5, 0.6) is 0 Å². The molecule has 1 atom stereocenters. The predicted molar refractivity (Wildman–Crippen MR) is 56.1 cm³/mol. The average Bonchev–Trinajstić information content (AvgIpc) is 2.78. The molecule has 14 heavy (non-hydrogen) atoms. The normalized spacial score (nSPS) is 42.9. The minimum Gasteiger partial charge on any atom is -0.394 e. The molecule has 1 aliphatic carbocycles. The lowest BCUT2D eigenvalue weighted by Gasteiger charge is -2.36. The van der Waals surface area contributed by atoms with Gasteiger partial charge in [0.05, 0.1) is 12.2 Å². The molecular formula is C12H22O2. The standard InChI is InChI=1S/C12H22O2/c1-11(2,3)9-4-6-12(7-5-9)10(8-13)14-12/h9-10,13H,4-8H2,1-3H3. The molecule has 0 aromatic rings. The van der Waals surface area contributed by atoms with Crippen LogP contribution in [-0.2, 0) is 4.74 Å². The van der Waals surface area contributed by atoms with E-state index in [1.54, 1.807) is 0 Å². The number of ether oxygens (including phenoxy) is 1. The lowest BCUT2D eigenvalue weighted by Crippen LogP contribution is -2.31. The fourth-order valence-corrected chi connectivity index (χ4v) is 2.87. The molecule has 2 heteroatoms. The van der Waals surface area contributed by atoms with Crippen LogP contribution in [-0.4, -0.2) is 23.4 Å². The summed E-state index contributed by atoms with van der Waals surface area (Å²) in [4.78, 5) is 0. The van der Waals surface area contributed by atoms with Crippen molar-refractivity contribution in [3.8, 4) is 0 Å². The van der Waals surface area contributed by atoms with Gasteiger partial charge in [-0.1, -0.05) is 20.8 Å². The third-order valence-corrected chi connectivity index (χ3v) is 4.13. The first-order chi connectivity index (χ1) is 6.48. The zero-order chi connectivity index (χ0) is 10.4. The van der Waals surface area contributed by atoms with E-state index in [0.717, 1.165) is 18.8 Å². The van der Waals surface area contributed by atoms with Crippen LogP contribution >= 0.6 is 0 Å². The van der Waals surface area contributed by atoms with E-state index < -0.39 is 0 Å². The summed E-state index contributed by atoms with van der Waals surface area (Å²) >= 11 is 0. The third kappa shape index (κ3) is 1.70. The molecule has 2 aliphatic rings. The average molecular weight is 198 g/mol. The Balaban J connectivity index is 1.88. The SMILES string of the molecule is CC(C)(C)C1CCC2(CC1)OC2CO. The van der Waals surface area contributed by atoms with E-state index >= 15 is 0 Å². The van der Waals surface area contributed by atoms with E-state index in [2.05, 4.69) is 20.8 Å². The Morgan fingerprint density at radius 2 is 1.86 bits per heavy atom. The van der Waals surface area contributed by atoms with E-state index in [1.807, 2.05) is 0 Å². The van der Waals surface area contributed by atoms with Gasteiger partial charge in [0, 0.05) is 0 Å². The fourth-order valence-electron chi connectivity index (χ4n) is 2.87. The van der Waals surface area contributed by atoms with Gasteiger partial charge < -0.3 is 9.84 Å². The van der Waals surface area contributed by atoms with Gasteiger partial charge in [-0.3, -0.25) is 0 Å². The molecule has 1 saturated carbocycles. The van der Waals surface area contributed by atoms with Gasteiger partial charge >= 0.3 is 0 Å². The highest BCUT2D eigenvalue weighted by Gasteiger charge is 2.57. The Hall–Kier alpha value is -0.0800. The van der Waals surface area contributed by atoms with Crippen LogP contribution in [0.15, 0.2) is 0 Å². The van der Waals surface area contributed by atoms with Crippen LogP contribution in [0.2, 0.25) is 0 Å². The Morgan fingerprint density at radius 3 is 2.21 bits per heavy atom. The van der Waals surface area contributed by atoms with Crippen LogP contribution < -0.4 is 0 Å². The summed E-state index contributed by atoms with van der Waals surface area (Å²) < 4.78 is 5.61. The third-order valence-electron chi connectivity index (χ3n) is 4.13. The maximum Gasteiger partial charge on any atom is 0.110 e. The zero-order valence-electron chi connectivity index (χ0n) is 9.55. The van der Waals surface area contributed by atoms with Gasteiger partial charge in [0.25, 0.3) is 0 Å². The van der Waals surface area contributed by atoms with Crippen molar-refractivity contribution < 1.29 is 9.84 Å². The molecular weight excluding hydrogens is 176 g/mol. The van der Waals surface area contributed by atoms with Gasteiger partial charge in [-0.25, -0.2) is 0 Å². The molecule has 82 valence electrons. The van der Waals surface area contributed by atoms with Crippen LogP contribution in [0.1, 0.15) is 46.5 Å². The summed E-state index contributed by atoms with van der Waals surface area (Å²) in [5, 5.41) is 9.02. The molecule has 2 fully saturated rings. The van der Waals surface area contributed by atoms with Crippen LogP contribution in [0.3, 0.4) is 0 Å². The smallest absolute Gasteiger partial charge is 0.110 e. The Labute approximate surface area is 86.6 Å². The molecule has 1 N–H and O–H groups in total. The molecule has 0 radical (unpaired) electrons. The van der Waals surface area contributed by atoms with E-state index in [0.29, 0.717) is 5.41 Å². The summed E-state index contributed by atoms with van der Waals surface area (Å²) in [5.74, 6) is 0.830. The fraction of sp³-hybridized carbons (Fsp3) is 1.00. The minimum absolute atomic E-state index is 0.0938. The first-order valence-electron chi connectivity index (χ1n) is 5.77. The highest BCUT2D eigenvalue weighted by atomic mass is 16.6. The van der Waals surface area contributed by atoms with Crippen LogP contribution in [0.4, 0.5) is 0 Å². The monoisotopic (exact) mass is 198 g/mol. The molecule has 1 saturated heterocycles. The molecule has 0 bridgehead atoms. The summed E-state index contributed by atoms with van der Waals surface area (Å²) in [7, 11) is 0. The number of epoxide rings is 1. The van der Waals surface area contributed by atoms with Gasteiger partial charge in [-0.15, -0.1) is 0 Å². The van der Waals surface area contributed by atoms with Gasteiger partial charge in [0.1, 0.15) is 6.10 Å². The molecule has 1 spiro atoms. The largest absolute Gasteiger partial charge is 0.394 e. The summed E-state index contributed by atoms with van der Waals surface area (Å²) in [6.45, 7) is 7.19. The summed E-state index contributed by atoms with van der Waals surface area (Å²) in [6, 6.07) is 0. The molecule has 0 aromatic carbocycles. The zero-order valence-corrected chi connectivity index (χ0v) is 9.55. The molecule has 0 aromatic heterocycles. The maximum absolute atomic E-state index is 9.02. The van der Waals surface area contributed by atoms with Crippen molar-refractivity contribution in [3.63, 3.8) is 0 Å². The van der Waals surface area contributed by atoms with Crippen molar-refractivity contribution in [2.45, 2.75) is 58.2 Å². The number of rotatable bonds is 1. The van der Waals surface area contributed by atoms with E-state index in [1.165, 1.54) is 12.8 Å². The summed E-state index contributed by atoms with van der Waals surface area (Å²) in [5.41, 5.74) is 0.529. The second-order valence-corrected chi connectivity index (χ2v) is 5.99. The van der Waals surface area contributed by atoms with Gasteiger partial charge in [0.2, 0.25) is 0 Å². The van der Waals surface area contributed by atoms with E-state index in [-0.39, 0.29) is 18.3 Å². The Bertz CT molecular complexity index is 209. The van der Waals surface area contributed by atoms with Gasteiger partial charge in [0.15, 0.2) is 0 Å². The van der Waals surface area contributed by atoms with Crippen LogP contribution in [0.25, 0.3) is 0 Å². The number of hydrogen-bond donors (Lipinski definition) is 1. The number of aliphatic hydroxyl groups is 1. The maximum atomic E-state index is 9.02. The van der Waals surface area contributed by atoms with Crippen molar-refractivity contribution >= 4 is 0 Å². The second kappa shape index (κ2) is 3.21. The van der Waals surface area contributed by atoms with E-state index in [9.17, 15) is 0 Å². The lowest BCUT2D eigenvalue weighted by molar-refractivity contribution is 0.124. The van der Waals surface area contributed by atoms with Gasteiger partial charge in [-0.05, 0) is 37.0 Å². The number of hydrogen-bond acceptors (Lipinski definition) is 2. The van der Waals surface area contributed by atoms with Crippen molar-refractivity contribution in [1.29, 1.82) is 0 Å². The molecule has 2 rings (SSSR count). The molecule has 1 unspecified atom stereocenters. The molecule has 1 heterocycles. The minimum atomic E-state index is 0.0938. The predicted octanol–water partition coefficient (Wildman–Crippen LogP) is 2.35. The lowest BCUT2D eigenvalue weighted by atomic mass is 9.69. The van der Waals surface area contributed by atoms with Crippen molar-refractivity contribution in [3.05, 3.63) is 0 Å². The van der Waals surface area contributed by atoms with Crippen LogP contribution in [0, 0.1) is 11.3 Å². The van der Waals surface area contributed by atoms with Gasteiger partial charge in [-0.2, -0.15) is 0 Å².